The Balaban J connectivity index is 2.58. The normalized spacial score (nSPS) is 24.5. The molecule has 1 aromatic rings. The number of ether oxygens (including phenoxy) is 2. The molecule has 4 nitrogen and oxygen atoms in total. The van der Waals surface area contributed by atoms with Crippen LogP contribution in [0.2, 0.25) is 0 Å². The van der Waals surface area contributed by atoms with E-state index >= 15 is 0 Å². The molecular formula is C11H12O4. The van der Waals surface area contributed by atoms with E-state index in [0.29, 0.717) is 5.56 Å². The number of benzene rings is 1. The number of phenolic OH excluding ortho intramolecular Hbond substituents is 1. The first kappa shape index (κ1) is 9.98. The van der Waals surface area contributed by atoms with Gasteiger partial charge in [0, 0.05) is 12.7 Å². The van der Waals surface area contributed by atoms with Gasteiger partial charge in [-0.1, -0.05) is 12.1 Å². The summed E-state index contributed by atoms with van der Waals surface area (Å²) in [7, 11) is 1.55. The van der Waals surface area contributed by atoms with E-state index in [0.717, 1.165) is 0 Å². The smallest absolute Gasteiger partial charge is 0.342 e. The molecular weight excluding hydrogens is 196 g/mol. The molecule has 0 saturated carbocycles. The second-order valence-electron chi connectivity index (χ2n) is 3.51. The first-order valence-corrected chi connectivity index (χ1v) is 4.70. The SMILES string of the molecule is CO[C@@H]1c2cccc(O)c2C(=O)O[C@H]1C. The number of carbonyl (C=O) groups is 1. The largest absolute Gasteiger partial charge is 0.507 e. The molecule has 0 radical (unpaired) electrons. The third-order valence-electron chi connectivity index (χ3n) is 2.56. The van der Waals surface area contributed by atoms with Crippen molar-refractivity contribution >= 4 is 5.97 Å². The number of carbonyl (C=O) groups excluding carboxylic acids is 1. The van der Waals surface area contributed by atoms with Crippen molar-refractivity contribution in [1.29, 1.82) is 0 Å². The van der Waals surface area contributed by atoms with Crippen molar-refractivity contribution in [3.05, 3.63) is 29.3 Å². The molecule has 0 aliphatic carbocycles. The summed E-state index contributed by atoms with van der Waals surface area (Å²) in [6.07, 6.45) is -0.651. The van der Waals surface area contributed by atoms with E-state index in [1.807, 2.05) is 0 Å². The lowest BCUT2D eigenvalue weighted by atomic mass is 9.95. The lowest BCUT2D eigenvalue weighted by Gasteiger charge is -2.29. The molecule has 1 N–H and O–H groups in total. The van der Waals surface area contributed by atoms with E-state index in [1.165, 1.54) is 6.07 Å². The Labute approximate surface area is 87.4 Å². The highest BCUT2D eigenvalue weighted by Gasteiger charge is 2.34. The van der Waals surface area contributed by atoms with Crippen LogP contribution in [0, 0.1) is 0 Å². The minimum absolute atomic E-state index is 0.0635. The van der Waals surface area contributed by atoms with Crippen molar-refractivity contribution in [3.8, 4) is 5.75 Å². The molecule has 0 unspecified atom stereocenters. The zero-order valence-electron chi connectivity index (χ0n) is 8.56. The molecule has 0 bridgehead atoms. The second kappa shape index (κ2) is 3.55. The van der Waals surface area contributed by atoms with Gasteiger partial charge in [-0.15, -0.1) is 0 Å². The maximum Gasteiger partial charge on any atom is 0.342 e. The zero-order valence-corrected chi connectivity index (χ0v) is 8.56. The molecule has 0 spiro atoms. The van der Waals surface area contributed by atoms with Gasteiger partial charge in [0.2, 0.25) is 0 Å². The maximum absolute atomic E-state index is 11.5. The Kier molecular flexibility index (Phi) is 2.36. The molecule has 2 atom stereocenters. The number of fused-ring (bicyclic) bond motifs is 1. The highest BCUT2D eigenvalue weighted by molar-refractivity contribution is 5.95. The molecule has 0 aromatic heterocycles. The fraction of sp³-hybridized carbons (Fsp3) is 0.364. The van der Waals surface area contributed by atoms with Gasteiger partial charge in [0.25, 0.3) is 0 Å². The number of esters is 1. The fourth-order valence-corrected chi connectivity index (χ4v) is 1.88. The fourth-order valence-electron chi connectivity index (χ4n) is 1.88. The molecule has 0 saturated heterocycles. The summed E-state index contributed by atoms with van der Waals surface area (Å²) in [6, 6.07) is 4.91. The van der Waals surface area contributed by atoms with E-state index in [2.05, 4.69) is 0 Å². The van der Waals surface area contributed by atoms with Crippen LogP contribution in [0.15, 0.2) is 18.2 Å². The summed E-state index contributed by atoms with van der Waals surface area (Å²) in [5.74, 6) is -0.560. The Morgan fingerprint density at radius 3 is 2.87 bits per heavy atom. The average Bonchev–Trinajstić information content (AvgIpc) is 2.17. The zero-order chi connectivity index (χ0) is 11.0. The van der Waals surface area contributed by atoms with E-state index in [4.69, 9.17) is 9.47 Å². The van der Waals surface area contributed by atoms with Gasteiger partial charge in [0.05, 0.1) is 0 Å². The van der Waals surface area contributed by atoms with Gasteiger partial charge in [0.15, 0.2) is 0 Å². The number of phenols is 1. The predicted octanol–water partition coefficient (Wildman–Crippen LogP) is 1.64. The minimum Gasteiger partial charge on any atom is -0.507 e. The first-order valence-electron chi connectivity index (χ1n) is 4.70. The Bertz CT molecular complexity index is 400. The van der Waals surface area contributed by atoms with Crippen LogP contribution >= 0.6 is 0 Å². The van der Waals surface area contributed by atoms with Gasteiger partial charge in [-0.05, 0) is 13.0 Å². The molecule has 2 rings (SSSR count). The monoisotopic (exact) mass is 208 g/mol. The van der Waals surface area contributed by atoms with Crippen LogP contribution in [0.3, 0.4) is 0 Å². The highest BCUT2D eigenvalue weighted by atomic mass is 16.6. The van der Waals surface area contributed by atoms with Crippen molar-refractivity contribution in [3.63, 3.8) is 0 Å². The summed E-state index contributed by atoms with van der Waals surface area (Å²) in [5.41, 5.74) is 0.892. The first-order chi connectivity index (χ1) is 7.15. The van der Waals surface area contributed by atoms with Gasteiger partial charge in [0.1, 0.15) is 23.5 Å². The van der Waals surface area contributed by atoms with Gasteiger partial charge in [-0.25, -0.2) is 4.79 Å². The van der Waals surface area contributed by atoms with Crippen LogP contribution in [0.25, 0.3) is 0 Å². The number of cyclic esters (lactones) is 1. The van der Waals surface area contributed by atoms with E-state index in [1.54, 1.807) is 26.2 Å². The average molecular weight is 208 g/mol. The number of hydrogen-bond donors (Lipinski definition) is 1. The van der Waals surface area contributed by atoms with Gasteiger partial charge < -0.3 is 14.6 Å². The molecule has 15 heavy (non-hydrogen) atoms. The lowest BCUT2D eigenvalue weighted by Crippen LogP contribution is -2.31. The molecule has 4 heteroatoms. The number of rotatable bonds is 1. The highest BCUT2D eigenvalue weighted by Crippen LogP contribution is 2.35. The van der Waals surface area contributed by atoms with Gasteiger partial charge in [-0.2, -0.15) is 0 Å². The van der Waals surface area contributed by atoms with E-state index < -0.39 is 5.97 Å². The molecule has 80 valence electrons. The Hall–Kier alpha value is -1.55. The van der Waals surface area contributed by atoms with Crippen LogP contribution in [-0.2, 0) is 9.47 Å². The topological polar surface area (TPSA) is 55.8 Å². The van der Waals surface area contributed by atoms with Crippen LogP contribution < -0.4 is 0 Å². The molecule has 1 aliphatic heterocycles. The summed E-state index contributed by atoms with van der Waals surface area (Å²) >= 11 is 0. The number of aromatic hydroxyl groups is 1. The van der Waals surface area contributed by atoms with E-state index in [-0.39, 0.29) is 23.5 Å². The third kappa shape index (κ3) is 1.47. The van der Waals surface area contributed by atoms with Crippen molar-refractivity contribution < 1.29 is 19.4 Å². The summed E-state index contributed by atoms with van der Waals surface area (Å²) in [5, 5.41) is 9.57. The molecule has 0 fully saturated rings. The van der Waals surface area contributed by atoms with E-state index in [9.17, 15) is 9.90 Å². The van der Waals surface area contributed by atoms with Crippen LogP contribution in [0.5, 0.6) is 5.75 Å². The minimum atomic E-state index is -0.496. The summed E-state index contributed by atoms with van der Waals surface area (Å²) < 4.78 is 10.3. The maximum atomic E-state index is 11.5. The van der Waals surface area contributed by atoms with Crippen molar-refractivity contribution in [1.82, 2.24) is 0 Å². The predicted molar refractivity (Wildman–Crippen MR) is 52.7 cm³/mol. The van der Waals surface area contributed by atoms with Crippen molar-refractivity contribution in [2.45, 2.75) is 19.1 Å². The van der Waals surface area contributed by atoms with Gasteiger partial charge >= 0.3 is 5.97 Å². The number of methoxy groups -OCH3 is 1. The Morgan fingerprint density at radius 2 is 2.20 bits per heavy atom. The third-order valence-corrected chi connectivity index (χ3v) is 2.56. The lowest BCUT2D eigenvalue weighted by molar-refractivity contribution is -0.0392. The van der Waals surface area contributed by atoms with Crippen LogP contribution in [-0.4, -0.2) is 24.3 Å². The van der Waals surface area contributed by atoms with Gasteiger partial charge in [-0.3, -0.25) is 0 Å². The molecule has 1 heterocycles. The van der Waals surface area contributed by atoms with Crippen LogP contribution in [0.1, 0.15) is 28.9 Å². The molecule has 1 aliphatic rings. The number of hydrogen-bond acceptors (Lipinski definition) is 4. The van der Waals surface area contributed by atoms with Crippen LogP contribution in [0.4, 0.5) is 0 Å². The van der Waals surface area contributed by atoms with Crippen molar-refractivity contribution in [2.24, 2.45) is 0 Å². The second-order valence-corrected chi connectivity index (χ2v) is 3.51. The quantitative estimate of drug-likeness (QED) is 0.713. The molecule has 1 aromatic carbocycles. The van der Waals surface area contributed by atoms with Crippen molar-refractivity contribution in [2.75, 3.05) is 7.11 Å². The summed E-state index contributed by atoms with van der Waals surface area (Å²) in [6.45, 7) is 1.76. The standard InChI is InChI=1S/C11H12O4/c1-6-10(14-2)7-4-3-5-8(12)9(7)11(13)15-6/h3-6,10,12H,1-2H3/t6-,10-/m0/s1. The molecule has 0 amide bonds. The Morgan fingerprint density at radius 1 is 1.47 bits per heavy atom. The summed E-state index contributed by atoms with van der Waals surface area (Å²) in [4.78, 5) is 11.5.